The van der Waals surface area contributed by atoms with E-state index in [1.807, 2.05) is 0 Å². The van der Waals surface area contributed by atoms with Crippen LogP contribution in [0.15, 0.2) is 29.2 Å². The molecule has 14 heteroatoms. The summed E-state index contributed by atoms with van der Waals surface area (Å²) in [6.07, 6.45) is 1.33. The number of hydrogen-bond acceptors (Lipinski definition) is 9. The highest BCUT2D eigenvalue weighted by atomic mass is 32.2. The number of halogens is 2. The first-order valence-corrected chi connectivity index (χ1v) is 13.5. The molecule has 0 bridgehead atoms. The van der Waals surface area contributed by atoms with Gasteiger partial charge in [-0.1, -0.05) is 17.8 Å². The van der Waals surface area contributed by atoms with Gasteiger partial charge in [0, 0.05) is 58.2 Å². The highest BCUT2D eigenvalue weighted by Gasteiger charge is 2.51. The summed E-state index contributed by atoms with van der Waals surface area (Å²) in [7, 11) is 1.70. The Balaban J connectivity index is 1.64. The molecule has 40 heavy (non-hydrogen) atoms. The number of piperidine rings is 1. The van der Waals surface area contributed by atoms with Gasteiger partial charge in [-0.25, -0.2) is 13.6 Å². The molecule has 214 valence electrons. The molecule has 11 nitrogen and oxygen atoms in total. The van der Waals surface area contributed by atoms with Gasteiger partial charge in [0.2, 0.25) is 5.43 Å². The number of carbonyl (C=O) groups is 2. The Morgan fingerprint density at radius 3 is 2.45 bits per heavy atom. The topological polar surface area (TPSA) is 143 Å². The maximum atomic E-state index is 14.0. The van der Waals surface area contributed by atoms with Gasteiger partial charge in [0.25, 0.3) is 5.91 Å². The average Bonchev–Trinajstić information content (AvgIpc) is 2.91. The molecule has 0 radical (unpaired) electrons. The predicted octanol–water partition coefficient (Wildman–Crippen LogP) is 3.10. The van der Waals surface area contributed by atoms with Crippen LogP contribution in [0.4, 0.5) is 13.6 Å². The van der Waals surface area contributed by atoms with Crippen molar-refractivity contribution in [3.05, 3.63) is 63.1 Å². The molecule has 2 aliphatic rings. The molecule has 0 aliphatic carbocycles. The van der Waals surface area contributed by atoms with Crippen molar-refractivity contribution in [3.63, 3.8) is 0 Å². The lowest BCUT2D eigenvalue weighted by Gasteiger charge is -2.56. The summed E-state index contributed by atoms with van der Waals surface area (Å²) in [6, 6.07) is 2.97. The Morgan fingerprint density at radius 2 is 1.85 bits per heavy atom. The second kappa shape index (κ2) is 11.3. The molecule has 1 fully saturated rings. The number of aromatic hydroxyl groups is 1. The van der Waals surface area contributed by atoms with E-state index in [-0.39, 0.29) is 46.5 Å². The maximum absolute atomic E-state index is 14.0. The fourth-order valence-electron chi connectivity index (χ4n) is 5.22. The molecule has 1 saturated heterocycles. The molecule has 3 heterocycles. The van der Waals surface area contributed by atoms with E-state index < -0.39 is 40.5 Å². The van der Waals surface area contributed by atoms with Crippen LogP contribution in [0.5, 0.6) is 5.75 Å². The van der Waals surface area contributed by atoms with E-state index in [2.05, 4.69) is 0 Å². The number of thioether (sulfide) groups is 1. The van der Waals surface area contributed by atoms with Gasteiger partial charge in [-0.2, -0.15) is 0 Å². The smallest absolute Gasteiger partial charge is 0.409 e. The SMILES string of the molecule is CCOC(=O)N1CCC2(CC1)N(CC)C(=O)c1c(O)c(=O)c(C(=N)SC(=N)Cc3ccc(F)cc3F)cn1N2C. The minimum atomic E-state index is -0.949. The Kier molecular flexibility index (Phi) is 8.19. The molecule has 0 saturated carbocycles. The predicted molar refractivity (Wildman–Crippen MR) is 146 cm³/mol. The lowest BCUT2D eigenvalue weighted by molar-refractivity contribution is -0.000659. The van der Waals surface area contributed by atoms with Gasteiger partial charge in [-0.3, -0.25) is 30.1 Å². The Labute approximate surface area is 233 Å². The zero-order valence-corrected chi connectivity index (χ0v) is 23.1. The Bertz CT molecular complexity index is 1440. The largest absolute Gasteiger partial charge is 0.502 e. The molecule has 1 spiro atoms. The van der Waals surface area contributed by atoms with E-state index in [4.69, 9.17) is 15.6 Å². The van der Waals surface area contributed by atoms with Gasteiger partial charge in [-0.05, 0) is 25.5 Å². The minimum absolute atomic E-state index is 0.0535. The van der Waals surface area contributed by atoms with Crippen molar-refractivity contribution < 1.29 is 28.2 Å². The molecule has 0 unspecified atom stereocenters. The van der Waals surface area contributed by atoms with Gasteiger partial charge in [-0.15, -0.1) is 0 Å². The second-order valence-corrected chi connectivity index (χ2v) is 10.5. The number of benzene rings is 1. The fourth-order valence-corrected chi connectivity index (χ4v) is 5.95. The molecular formula is C26H30F2N6O5S. The third-order valence-electron chi connectivity index (χ3n) is 7.28. The van der Waals surface area contributed by atoms with Crippen molar-refractivity contribution in [2.75, 3.05) is 38.3 Å². The first kappa shape index (κ1) is 29.1. The number of carbonyl (C=O) groups excluding carboxylic acids is 2. The molecule has 4 rings (SSSR count). The van der Waals surface area contributed by atoms with Crippen molar-refractivity contribution in [1.82, 2.24) is 14.5 Å². The van der Waals surface area contributed by atoms with Crippen LogP contribution in [-0.4, -0.2) is 80.6 Å². The number of hydrogen-bond donors (Lipinski definition) is 3. The number of amides is 2. The lowest BCUT2D eigenvalue weighted by Crippen LogP contribution is -2.72. The monoisotopic (exact) mass is 576 g/mol. The quantitative estimate of drug-likeness (QED) is 0.367. The first-order chi connectivity index (χ1) is 18.9. The van der Waals surface area contributed by atoms with E-state index in [1.165, 1.54) is 16.9 Å². The summed E-state index contributed by atoms with van der Waals surface area (Å²) in [5.74, 6) is -2.98. The van der Waals surface area contributed by atoms with Crippen LogP contribution in [-0.2, 0) is 11.2 Å². The van der Waals surface area contributed by atoms with Crippen LogP contribution in [0.2, 0.25) is 0 Å². The summed E-state index contributed by atoms with van der Waals surface area (Å²) in [5.41, 5.74) is -2.28. The number of fused-ring (bicyclic) bond motifs is 1. The normalized spacial score (nSPS) is 16.2. The summed E-state index contributed by atoms with van der Waals surface area (Å²) < 4.78 is 33.7. The van der Waals surface area contributed by atoms with E-state index in [9.17, 15) is 28.3 Å². The lowest BCUT2D eigenvalue weighted by atomic mass is 9.92. The van der Waals surface area contributed by atoms with Crippen molar-refractivity contribution in [3.8, 4) is 5.75 Å². The number of ether oxygens (including phenoxy) is 1. The van der Waals surface area contributed by atoms with Gasteiger partial charge >= 0.3 is 6.09 Å². The third-order valence-corrected chi connectivity index (χ3v) is 8.10. The zero-order valence-electron chi connectivity index (χ0n) is 22.3. The van der Waals surface area contributed by atoms with Crippen LogP contribution in [0.25, 0.3) is 0 Å². The van der Waals surface area contributed by atoms with Gasteiger partial charge in [0.1, 0.15) is 22.3 Å². The molecule has 2 amide bonds. The van der Waals surface area contributed by atoms with E-state index in [0.717, 1.165) is 6.07 Å². The second-order valence-electron chi connectivity index (χ2n) is 9.42. The van der Waals surface area contributed by atoms with Crippen molar-refractivity contribution in [1.29, 1.82) is 10.8 Å². The first-order valence-electron chi connectivity index (χ1n) is 12.7. The molecule has 2 aromatic rings. The van der Waals surface area contributed by atoms with Crippen molar-refractivity contribution >= 4 is 33.8 Å². The van der Waals surface area contributed by atoms with E-state index in [0.29, 0.717) is 43.8 Å². The number of likely N-dealkylation sites (tertiary alicyclic amines) is 1. The van der Waals surface area contributed by atoms with E-state index >= 15 is 0 Å². The summed E-state index contributed by atoms with van der Waals surface area (Å²) in [5, 5.41) is 28.7. The number of rotatable bonds is 5. The Hall–Kier alpha value is -3.94. The average molecular weight is 577 g/mol. The van der Waals surface area contributed by atoms with Gasteiger partial charge < -0.3 is 19.6 Å². The standard InChI is InChI=1S/C26H30F2N6O5S/c1-4-33-24(37)20-22(36)21(35)17(23(30)40-19(29)12-15-6-7-16(27)13-18(15)28)14-34(20)31(3)26(33)8-10-32(11-9-26)25(38)39-5-2/h6-7,13-14,29-30,36H,4-5,8-12H2,1-3H3. The van der Waals surface area contributed by atoms with Gasteiger partial charge in [0.15, 0.2) is 11.4 Å². The van der Waals surface area contributed by atoms with Crippen LogP contribution < -0.4 is 10.4 Å². The molecule has 1 aromatic heterocycles. The van der Waals surface area contributed by atoms with E-state index in [1.54, 1.807) is 35.7 Å². The van der Waals surface area contributed by atoms with Crippen LogP contribution in [0, 0.1) is 22.5 Å². The molecular weight excluding hydrogens is 546 g/mol. The Morgan fingerprint density at radius 1 is 1.18 bits per heavy atom. The molecule has 2 aliphatic heterocycles. The van der Waals surface area contributed by atoms with Crippen LogP contribution in [0.3, 0.4) is 0 Å². The zero-order chi connectivity index (χ0) is 29.4. The minimum Gasteiger partial charge on any atom is -0.502 e. The maximum Gasteiger partial charge on any atom is 0.409 e. The third kappa shape index (κ3) is 5.03. The highest BCUT2D eigenvalue weighted by Crippen LogP contribution is 2.37. The molecule has 3 N–H and O–H groups in total. The fraction of sp³-hybridized carbons (Fsp3) is 0.423. The number of aromatic nitrogens is 1. The summed E-state index contributed by atoms with van der Waals surface area (Å²) >= 11 is 0.586. The molecule has 0 atom stereocenters. The van der Waals surface area contributed by atoms with Crippen molar-refractivity contribution in [2.45, 2.75) is 38.8 Å². The number of nitrogens with zero attached hydrogens (tertiary/aromatic N) is 4. The summed E-state index contributed by atoms with van der Waals surface area (Å²) in [6.45, 7) is 4.64. The number of pyridine rings is 1. The number of nitrogens with one attached hydrogen (secondary N) is 2. The molecule has 1 aromatic carbocycles. The van der Waals surface area contributed by atoms with Crippen LogP contribution >= 0.6 is 11.8 Å². The van der Waals surface area contributed by atoms with Crippen molar-refractivity contribution in [2.24, 2.45) is 0 Å². The summed E-state index contributed by atoms with van der Waals surface area (Å²) in [4.78, 5) is 42.1. The highest BCUT2D eigenvalue weighted by molar-refractivity contribution is 8.26. The van der Waals surface area contributed by atoms with Gasteiger partial charge in [0.05, 0.1) is 17.2 Å². The van der Waals surface area contributed by atoms with Crippen LogP contribution in [0.1, 0.15) is 48.3 Å².